The van der Waals surface area contributed by atoms with Gasteiger partial charge in [0, 0.05) is 6.54 Å². The minimum absolute atomic E-state index is 0.0462. The molecule has 0 saturated heterocycles. The van der Waals surface area contributed by atoms with Crippen LogP contribution in [0.3, 0.4) is 0 Å². The lowest BCUT2D eigenvalue weighted by molar-refractivity contribution is 0.152. The molecule has 0 aliphatic heterocycles. The first-order chi connectivity index (χ1) is 6.81. The summed E-state index contributed by atoms with van der Waals surface area (Å²) in [6, 6.07) is 0. The molecule has 0 amide bonds. The molecular weight excluding hydrogens is 186 g/mol. The van der Waals surface area contributed by atoms with E-state index in [1.54, 1.807) is 6.20 Å². The average molecular weight is 195 g/mol. The summed E-state index contributed by atoms with van der Waals surface area (Å²) in [6.07, 6.45) is 2.13. The van der Waals surface area contributed by atoms with Crippen LogP contribution in [0.4, 0.5) is 0 Å². The molecule has 0 spiro atoms. The third-order valence-corrected chi connectivity index (χ3v) is 1.68. The summed E-state index contributed by atoms with van der Waals surface area (Å²) in [6.45, 7) is 0.0462. The van der Waals surface area contributed by atoms with Gasteiger partial charge in [-0.25, -0.2) is 4.98 Å². The van der Waals surface area contributed by atoms with Gasteiger partial charge in [-0.05, 0) is 0 Å². The lowest BCUT2D eigenvalue weighted by Crippen LogP contribution is -2.11. The Hall–Kier alpha value is -1.73. The van der Waals surface area contributed by atoms with E-state index >= 15 is 0 Å². The number of imidazole rings is 1. The van der Waals surface area contributed by atoms with E-state index in [4.69, 9.17) is 10.2 Å². The second-order valence-electron chi connectivity index (χ2n) is 2.66. The van der Waals surface area contributed by atoms with Gasteiger partial charge in [0.2, 0.25) is 5.89 Å². The van der Waals surface area contributed by atoms with Crippen LogP contribution in [0.5, 0.6) is 0 Å². The summed E-state index contributed by atoms with van der Waals surface area (Å²) in [5.74, 6) is 0.391. The number of nitrogens with one attached hydrogen (secondary N) is 1. The topological polar surface area (TPSA) is 114 Å². The van der Waals surface area contributed by atoms with Crippen LogP contribution in [0.2, 0.25) is 0 Å². The summed E-state index contributed by atoms with van der Waals surface area (Å²) in [4.78, 5) is 6.61. The number of aliphatic hydroxyl groups is 1. The van der Waals surface area contributed by atoms with Gasteiger partial charge in [0.1, 0.15) is 11.8 Å². The van der Waals surface area contributed by atoms with Crippen molar-refractivity contribution in [2.24, 2.45) is 5.73 Å². The van der Waals surface area contributed by atoms with Crippen molar-refractivity contribution in [1.29, 1.82) is 0 Å². The molecule has 7 nitrogen and oxygen atoms in total. The van der Waals surface area contributed by atoms with Gasteiger partial charge in [0.25, 0.3) is 5.89 Å². The highest BCUT2D eigenvalue weighted by molar-refractivity contribution is 5.43. The van der Waals surface area contributed by atoms with Crippen LogP contribution >= 0.6 is 0 Å². The Morgan fingerprint density at radius 3 is 3.07 bits per heavy atom. The Kier molecular flexibility index (Phi) is 2.25. The second kappa shape index (κ2) is 3.56. The molecule has 7 heteroatoms. The molecule has 14 heavy (non-hydrogen) atoms. The molecule has 0 radical (unpaired) electrons. The van der Waals surface area contributed by atoms with E-state index in [9.17, 15) is 5.11 Å². The summed E-state index contributed by atoms with van der Waals surface area (Å²) in [7, 11) is 0. The standard InChI is InChI=1S/C7H9N5O2/c8-1-5(13)7-12-11-6(14-7)4-2-9-3-10-4/h2-3,5,13H,1,8H2,(H,9,10)/t5-/m0/s1. The summed E-state index contributed by atoms with van der Waals surface area (Å²) < 4.78 is 5.16. The molecule has 2 rings (SSSR count). The number of aliphatic hydroxyl groups excluding tert-OH is 1. The van der Waals surface area contributed by atoms with Crippen LogP contribution in [0, 0.1) is 0 Å². The van der Waals surface area contributed by atoms with E-state index in [1.807, 2.05) is 0 Å². The maximum atomic E-state index is 9.29. The van der Waals surface area contributed by atoms with Gasteiger partial charge in [-0.1, -0.05) is 0 Å². The summed E-state index contributed by atoms with van der Waals surface area (Å²) >= 11 is 0. The van der Waals surface area contributed by atoms with Gasteiger partial charge < -0.3 is 20.2 Å². The van der Waals surface area contributed by atoms with Gasteiger partial charge in [0.05, 0.1) is 12.5 Å². The zero-order valence-corrected chi connectivity index (χ0v) is 7.21. The summed E-state index contributed by atoms with van der Waals surface area (Å²) in [5.41, 5.74) is 5.84. The van der Waals surface area contributed by atoms with E-state index in [1.165, 1.54) is 6.33 Å². The fraction of sp³-hybridized carbons (Fsp3) is 0.286. The Morgan fingerprint density at radius 2 is 2.43 bits per heavy atom. The minimum atomic E-state index is -0.917. The van der Waals surface area contributed by atoms with E-state index in [0.29, 0.717) is 5.69 Å². The molecule has 0 aromatic carbocycles. The first-order valence-electron chi connectivity index (χ1n) is 4.01. The van der Waals surface area contributed by atoms with Gasteiger partial charge in [0.15, 0.2) is 0 Å². The quantitative estimate of drug-likeness (QED) is 0.605. The average Bonchev–Trinajstić information content (AvgIpc) is 2.86. The van der Waals surface area contributed by atoms with Crippen molar-refractivity contribution in [2.45, 2.75) is 6.10 Å². The highest BCUT2D eigenvalue weighted by Crippen LogP contribution is 2.17. The number of aromatic nitrogens is 4. The minimum Gasteiger partial charge on any atom is -0.416 e. The number of nitrogens with zero attached hydrogens (tertiary/aromatic N) is 3. The number of aromatic amines is 1. The van der Waals surface area contributed by atoms with Crippen molar-refractivity contribution in [3.05, 3.63) is 18.4 Å². The van der Waals surface area contributed by atoms with Crippen LogP contribution in [0.15, 0.2) is 16.9 Å². The van der Waals surface area contributed by atoms with Gasteiger partial charge >= 0.3 is 0 Å². The van der Waals surface area contributed by atoms with Crippen LogP contribution < -0.4 is 5.73 Å². The van der Waals surface area contributed by atoms with E-state index < -0.39 is 6.10 Å². The first-order valence-corrected chi connectivity index (χ1v) is 4.01. The molecule has 1 atom stereocenters. The molecule has 0 bridgehead atoms. The molecule has 0 fully saturated rings. The molecule has 2 aromatic heterocycles. The SMILES string of the molecule is NC[C@H](O)c1nnc(-c2cnc[nH]2)o1. The first kappa shape index (κ1) is 8.85. The normalized spacial score (nSPS) is 13.0. The van der Waals surface area contributed by atoms with Crippen molar-refractivity contribution >= 4 is 0 Å². The highest BCUT2D eigenvalue weighted by Gasteiger charge is 2.15. The van der Waals surface area contributed by atoms with Gasteiger partial charge in [-0.3, -0.25) is 0 Å². The third kappa shape index (κ3) is 1.50. The lowest BCUT2D eigenvalue weighted by atomic mass is 10.4. The van der Waals surface area contributed by atoms with Gasteiger partial charge in [-0.2, -0.15) is 0 Å². The Labute approximate surface area is 79.0 Å². The Balaban J connectivity index is 2.26. The van der Waals surface area contributed by atoms with Crippen molar-refractivity contribution in [2.75, 3.05) is 6.54 Å². The predicted octanol–water partition coefficient (Wildman–Crippen LogP) is -0.548. The van der Waals surface area contributed by atoms with Crippen LogP contribution in [-0.2, 0) is 0 Å². The maximum Gasteiger partial charge on any atom is 0.265 e. The number of hydrogen-bond acceptors (Lipinski definition) is 6. The lowest BCUT2D eigenvalue weighted by Gasteiger charge is -1.98. The van der Waals surface area contributed by atoms with E-state index in [2.05, 4.69) is 20.2 Å². The zero-order valence-electron chi connectivity index (χ0n) is 7.21. The number of nitrogens with two attached hydrogens (primary N) is 1. The molecular formula is C7H9N5O2. The van der Waals surface area contributed by atoms with Crippen molar-refractivity contribution in [1.82, 2.24) is 20.2 Å². The maximum absolute atomic E-state index is 9.29. The van der Waals surface area contributed by atoms with E-state index in [-0.39, 0.29) is 18.3 Å². The number of hydrogen-bond donors (Lipinski definition) is 3. The van der Waals surface area contributed by atoms with Crippen molar-refractivity contribution in [3.8, 4) is 11.6 Å². The van der Waals surface area contributed by atoms with Gasteiger partial charge in [-0.15, -0.1) is 10.2 Å². The molecule has 0 saturated carbocycles. The fourth-order valence-corrected chi connectivity index (χ4v) is 0.952. The molecule has 2 heterocycles. The smallest absolute Gasteiger partial charge is 0.265 e. The van der Waals surface area contributed by atoms with Crippen molar-refractivity contribution in [3.63, 3.8) is 0 Å². The van der Waals surface area contributed by atoms with E-state index in [0.717, 1.165) is 0 Å². The number of H-pyrrole nitrogens is 1. The van der Waals surface area contributed by atoms with Crippen LogP contribution in [-0.4, -0.2) is 31.8 Å². The Morgan fingerprint density at radius 1 is 1.57 bits per heavy atom. The Bertz CT molecular complexity index is 396. The summed E-state index contributed by atoms with van der Waals surface area (Å²) in [5, 5.41) is 16.7. The molecule has 74 valence electrons. The molecule has 0 aliphatic rings. The monoisotopic (exact) mass is 195 g/mol. The molecule has 0 unspecified atom stereocenters. The zero-order chi connectivity index (χ0) is 9.97. The fourth-order valence-electron chi connectivity index (χ4n) is 0.952. The largest absolute Gasteiger partial charge is 0.416 e. The van der Waals surface area contributed by atoms with Crippen LogP contribution in [0.1, 0.15) is 12.0 Å². The molecule has 2 aromatic rings. The molecule has 0 aliphatic carbocycles. The van der Waals surface area contributed by atoms with Crippen LogP contribution in [0.25, 0.3) is 11.6 Å². The van der Waals surface area contributed by atoms with Crippen molar-refractivity contribution < 1.29 is 9.52 Å². The number of rotatable bonds is 3. The predicted molar refractivity (Wildman–Crippen MR) is 45.9 cm³/mol. The molecule has 4 N–H and O–H groups in total. The third-order valence-electron chi connectivity index (χ3n) is 1.68. The second-order valence-corrected chi connectivity index (χ2v) is 2.66. The highest BCUT2D eigenvalue weighted by atomic mass is 16.4.